The zero-order valence-corrected chi connectivity index (χ0v) is 22.8. The molecule has 37 heavy (non-hydrogen) atoms. The number of ether oxygens (including phenoxy) is 3. The average Bonchev–Trinajstić information content (AvgIpc) is 2.91. The van der Waals surface area contributed by atoms with E-state index in [9.17, 15) is 9.59 Å². The van der Waals surface area contributed by atoms with E-state index in [4.69, 9.17) is 31.5 Å². The molecule has 0 radical (unpaired) electrons. The molecule has 1 amide bonds. The maximum atomic E-state index is 13.2. The third kappa shape index (κ3) is 6.69. The van der Waals surface area contributed by atoms with Gasteiger partial charge in [-0.05, 0) is 63.7 Å². The molecule has 0 aromatic heterocycles. The van der Waals surface area contributed by atoms with Gasteiger partial charge in [0.2, 0.25) is 0 Å². The van der Waals surface area contributed by atoms with Gasteiger partial charge in [0.15, 0.2) is 0 Å². The van der Waals surface area contributed by atoms with Crippen molar-refractivity contribution in [3.05, 3.63) is 22.7 Å². The second-order valence-electron chi connectivity index (χ2n) is 10.6. The van der Waals surface area contributed by atoms with Gasteiger partial charge >= 0.3 is 5.97 Å². The number of carbonyl (C=O) groups excluding carboxylic acids is 2. The summed E-state index contributed by atoms with van der Waals surface area (Å²) < 4.78 is 17.2. The van der Waals surface area contributed by atoms with E-state index in [2.05, 4.69) is 15.5 Å². The lowest BCUT2D eigenvalue weighted by molar-refractivity contribution is -0.158. The summed E-state index contributed by atoms with van der Waals surface area (Å²) in [7, 11) is 3.19. The van der Waals surface area contributed by atoms with E-state index in [1.165, 1.54) is 13.2 Å². The zero-order valence-electron chi connectivity index (χ0n) is 22.0. The molecule has 2 bridgehead atoms. The molecule has 10 heteroatoms. The maximum absolute atomic E-state index is 13.2. The highest BCUT2D eigenvalue weighted by atomic mass is 35.5. The lowest BCUT2D eigenvalue weighted by atomic mass is 9.83. The van der Waals surface area contributed by atoms with Crippen molar-refractivity contribution in [2.45, 2.75) is 69.1 Å². The molecule has 5 rings (SSSR count). The molecule has 4 aliphatic heterocycles. The number of carbonyl (C=O) groups is 2. The first-order valence-electron chi connectivity index (χ1n) is 13.5. The molecule has 4 heterocycles. The van der Waals surface area contributed by atoms with Gasteiger partial charge < -0.3 is 30.6 Å². The van der Waals surface area contributed by atoms with E-state index in [1.807, 2.05) is 0 Å². The van der Waals surface area contributed by atoms with Crippen LogP contribution < -0.4 is 21.1 Å². The molecule has 0 saturated carbocycles. The predicted octanol–water partition coefficient (Wildman–Crippen LogP) is 3.00. The van der Waals surface area contributed by atoms with Crippen LogP contribution in [-0.4, -0.2) is 81.5 Å². The van der Waals surface area contributed by atoms with Crippen LogP contribution in [0, 0.1) is 5.92 Å². The largest absolute Gasteiger partial charge is 0.496 e. The van der Waals surface area contributed by atoms with Crippen LogP contribution in [0.1, 0.15) is 61.7 Å². The summed E-state index contributed by atoms with van der Waals surface area (Å²) in [5.74, 6) is 0.551. The van der Waals surface area contributed by atoms with Crippen molar-refractivity contribution in [1.29, 1.82) is 0 Å². The van der Waals surface area contributed by atoms with E-state index >= 15 is 0 Å². The number of unbranched alkanes of at least 4 members (excludes halogenated alkanes) is 2. The fourth-order valence-corrected chi connectivity index (χ4v) is 6.17. The molecular weight excluding hydrogens is 496 g/mol. The maximum Gasteiger partial charge on any atom is 0.306 e. The van der Waals surface area contributed by atoms with Gasteiger partial charge in [0.05, 0.1) is 29.4 Å². The molecule has 0 aliphatic carbocycles. The number of nitrogens with one attached hydrogen (secondary N) is 2. The standard InChI is InChI=1S/C27H41ClN4O5/c1-35-22-15-21(29)20(28)14-19(22)26(34)31-24-7-11-30-17-27(24,36-2)10-5-3-4-6-25(33)37-23-16-32-12-8-18(23)9-13-32/h14-15,18,23-24,30H,3-13,16-17,29H2,1-2H3,(H,31,34)/t23-,24+,27-/m0/s1. The van der Waals surface area contributed by atoms with Crippen molar-refractivity contribution in [1.82, 2.24) is 15.5 Å². The van der Waals surface area contributed by atoms with Crippen molar-refractivity contribution in [2.75, 3.05) is 52.7 Å². The SMILES string of the molecule is COc1cc(N)c(Cl)cc1C(=O)N[C@@H]1CCNC[C@]1(CCCCCC(=O)O[C@H]1CN2CCC1CC2)OC. The van der Waals surface area contributed by atoms with Crippen LogP contribution in [0.15, 0.2) is 12.1 Å². The van der Waals surface area contributed by atoms with E-state index in [0.29, 0.717) is 40.9 Å². The molecule has 1 aromatic carbocycles. The van der Waals surface area contributed by atoms with Gasteiger partial charge in [-0.3, -0.25) is 14.5 Å². The highest BCUT2D eigenvalue weighted by molar-refractivity contribution is 6.33. The van der Waals surface area contributed by atoms with Crippen molar-refractivity contribution in [2.24, 2.45) is 5.92 Å². The smallest absolute Gasteiger partial charge is 0.306 e. The Balaban J connectivity index is 1.27. The number of rotatable bonds is 11. The molecule has 3 atom stereocenters. The molecule has 4 fully saturated rings. The number of nitrogen functional groups attached to an aromatic ring is 1. The lowest BCUT2D eigenvalue weighted by Gasteiger charge is -2.44. The fraction of sp³-hybridized carbons (Fsp3) is 0.704. The van der Waals surface area contributed by atoms with Gasteiger partial charge in [-0.15, -0.1) is 0 Å². The minimum Gasteiger partial charge on any atom is -0.496 e. The number of esters is 1. The van der Waals surface area contributed by atoms with Crippen molar-refractivity contribution in [3.8, 4) is 5.75 Å². The average molecular weight is 537 g/mol. The number of anilines is 1. The number of nitrogens with zero attached hydrogens (tertiary/aromatic N) is 1. The fourth-order valence-electron chi connectivity index (χ4n) is 6.01. The lowest BCUT2D eigenvalue weighted by Crippen LogP contribution is -2.62. The Morgan fingerprint density at radius 3 is 2.65 bits per heavy atom. The zero-order chi connectivity index (χ0) is 26.4. The molecule has 4 aliphatic rings. The van der Waals surface area contributed by atoms with Gasteiger partial charge in [0.1, 0.15) is 17.5 Å². The third-order valence-corrected chi connectivity index (χ3v) is 8.63. The number of methoxy groups -OCH3 is 2. The summed E-state index contributed by atoms with van der Waals surface area (Å²) >= 11 is 6.17. The number of hydrogen-bond donors (Lipinski definition) is 3. The van der Waals surface area contributed by atoms with E-state index in [1.54, 1.807) is 13.2 Å². The van der Waals surface area contributed by atoms with Crippen LogP contribution in [0.5, 0.6) is 5.75 Å². The van der Waals surface area contributed by atoms with E-state index in [-0.39, 0.29) is 24.0 Å². The van der Waals surface area contributed by atoms with Gasteiger partial charge in [-0.25, -0.2) is 0 Å². The quantitative estimate of drug-likeness (QED) is 0.225. The number of fused-ring (bicyclic) bond motifs is 3. The number of benzene rings is 1. The Bertz CT molecular complexity index is 955. The van der Waals surface area contributed by atoms with E-state index < -0.39 is 5.60 Å². The molecule has 9 nitrogen and oxygen atoms in total. The van der Waals surface area contributed by atoms with Gasteiger partial charge in [0, 0.05) is 32.7 Å². The molecular formula is C27H41ClN4O5. The monoisotopic (exact) mass is 536 g/mol. The van der Waals surface area contributed by atoms with Crippen molar-refractivity contribution in [3.63, 3.8) is 0 Å². The molecule has 206 valence electrons. The number of halogens is 1. The van der Waals surface area contributed by atoms with Crippen LogP contribution in [0.25, 0.3) is 0 Å². The van der Waals surface area contributed by atoms with Gasteiger partial charge in [0.25, 0.3) is 5.91 Å². The Hall–Kier alpha value is -2.07. The summed E-state index contributed by atoms with van der Waals surface area (Å²) in [5, 5.41) is 6.87. The molecule has 0 unspecified atom stereocenters. The summed E-state index contributed by atoms with van der Waals surface area (Å²) in [6, 6.07) is 2.91. The highest BCUT2D eigenvalue weighted by Crippen LogP contribution is 2.32. The van der Waals surface area contributed by atoms with E-state index in [0.717, 1.165) is 71.1 Å². The summed E-state index contributed by atoms with van der Waals surface area (Å²) in [5.41, 5.74) is 6.02. The topological polar surface area (TPSA) is 115 Å². The normalized spacial score (nSPS) is 29.1. The minimum absolute atomic E-state index is 0.0685. The number of hydrogen-bond acceptors (Lipinski definition) is 8. The Labute approximate surface area is 224 Å². The highest BCUT2D eigenvalue weighted by Gasteiger charge is 2.42. The van der Waals surface area contributed by atoms with Crippen molar-refractivity contribution < 1.29 is 23.8 Å². The van der Waals surface area contributed by atoms with Crippen LogP contribution in [0.4, 0.5) is 5.69 Å². The first-order valence-corrected chi connectivity index (χ1v) is 13.8. The Morgan fingerprint density at radius 2 is 1.97 bits per heavy atom. The molecule has 4 saturated heterocycles. The van der Waals surface area contributed by atoms with Crippen LogP contribution in [-0.2, 0) is 14.3 Å². The van der Waals surface area contributed by atoms with Crippen LogP contribution >= 0.6 is 11.6 Å². The minimum atomic E-state index is -0.547. The summed E-state index contributed by atoms with van der Waals surface area (Å²) in [6.07, 6.45) is 6.84. The summed E-state index contributed by atoms with van der Waals surface area (Å²) in [6.45, 7) is 4.58. The Kier molecular flexibility index (Phi) is 9.56. The van der Waals surface area contributed by atoms with Crippen LogP contribution in [0.3, 0.4) is 0 Å². The number of amides is 1. The first kappa shape index (κ1) is 28.0. The van der Waals surface area contributed by atoms with Crippen LogP contribution in [0.2, 0.25) is 5.02 Å². The Morgan fingerprint density at radius 1 is 1.19 bits per heavy atom. The molecule has 4 N–H and O–H groups in total. The third-order valence-electron chi connectivity index (χ3n) is 8.30. The predicted molar refractivity (Wildman–Crippen MR) is 143 cm³/mol. The molecule has 1 aromatic rings. The molecule has 0 spiro atoms. The van der Waals surface area contributed by atoms with Gasteiger partial charge in [-0.2, -0.15) is 0 Å². The second-order valence-corrected chi connectivity index (χ2v) is 11.0. The second kappa shape index (κ2) is 12.7. The van der Waals surface area contributed by atoms with Gasteiger partial charge in [-0.1, -0.05) is 24.4 Å². The summed E-state index contributed by atoms with van der Waals surface area (Å²) in [4.78, 5) is 28.0. The number of piperidine rings is 4. The number of nitrogens with two attached hydrogens (primary N) is 1. The van der Waals surface area contributed by atoms with Crippen molar-refractivity contribution >= 4 is 29.2 Å². The first-order chi connectivity index (χ1) is 17.8.